The van der Waals surface area contributed by atoms with Gasteiger partial charge < -0.3 is 15.7 Å². The smallest absolute Gasteiger partial charge is 0.374 e. The molecule has 0 bridgehead atoms. The van der Waals surface area contributed by atoms with Crippen molar-refractivity contribution in [3.05, 3.63) is 34.9 Å². The molecule has 3 N–H and O–H groups in total. The number of amides is 2. The van der Waals surface area contributed by atoms with Crippen LogP contribution in [0.15, 0.2) is 24.3 Å². The Bertz CT molecular complexity index is 925. The van der Waals surface area contributed by atoms with Gasteiger partial charge in [-0.1, -0.05) is 54.8 Å². The molecule has 0 saturated carbocycles. The number of hydrogen-bond donors (Lipinski definition) is 3. The summed E-state index contributed by atoms with van der Waals surface area (Å²) in [5.41, 5.74) is 0.639. The zero-order valence-corrected chi connectivity index (χ0v) is 22.3. The second-order valence-corrected chi connectivity index (χ2v) is 13.0. The van der Waals surface area contributed by atoms with Gasteiger partial charge in [0.25, 0.3) is 5.78 Å². The Labute approximate surface area is 217 Å². The van der Waals surface area contributed by atoms with Crippen molar-refractivity contribution < 1.29 is 28.5 Å². The van der Waals surface area contributed by atoms with Crippen molar-refractivity contribution in [2.45, 2.75) is 76.1 Å². The van der Waals surface area contributed by atoms with Gasteiger partial charge in [-0.05, 0) is 49.3 Å². The minimum atomic E-state index is -1.64. The van der Waals surface area contributed by atoms with E-state index in [4.69, 9.17) is 11.6 Å². The van der Waals surface area contributed by atoms with Gasteiger partial charge in [0.05, 0.1) is 9.83 Å². The van der Waals surface area contributed by atoms with E-state index in [1.807, 2.05) is 13.8 Å². The molecule has 0 spiro atoms. The van der Waals surface area contributed by atoms with Crippen LogP contribution in [0.25, 0.3) is 0 Å². The van der Waals surface area contributed by atoms with Gasteiger partial charge >= 0.3 is 5.97 Å². The number of benzene rings is 1. The predicted molar refractivity (Wildman–Crippen MR) is 139 cm³/mol. The van der Waals surface area contributed by atoms with E-state index >= 15 is 0 Å². The Morgan fingerprint density at radius 3 is 2.37 bits per heavy atom. The number of ketones is 1. The maximum Gasteiger partial charge on any atom is 0.374 e. The third kappa shape index (κ3) is 10.3. The van der Waals surface area contributed by atoms with Crippen LogP contribution in [0.4, 0.5) is 0 Å². The van der Waals surface area contributed by atoms with Crippen LogP contribution in [-0.4, -0.2) is 56.0 Å². The predicted octanol–water partition coefficient (Wildman–Crippen LogP) is 3.28. The molecule has 11 heteroatoms. The van der Waals surface area contributed by atoms with Gasteiger partial charge in [0.15, 0.2) is 0 Å². The van der Waals surface area contributed by atoms with Crippen LogP contribution in [0.2, 0.25) is 5.02 Å². The number of carbonyl (C=O) groups excluding carboxylic acids is 3. The molecule has 2 unspecified atom stereocenters. The van der Waals surface area contributed by atoms with E-state index in [0.29, 0.717) is 23.4 Å². The van der Waals surface area contributed by atoms with Gasteiger partial charge in [-0.15, -0.1) is 0 Å². The molecule has 1 fully saturated rings. The van der Waals surface area contributed by atoms with Crippen LogP contribution in [0, 0.1) is 5.92 Å². The normalized spacial score (nSPS) is 19.2. The summed E-state index contributed by atoms with van der Waals surface area (Å²) >= 11 is 5.88. The van der Waals surface area contributed by atoms with Crippen molar-refractivity contribution in [3.8, 4) is 0 Å². The monoisotopic (exact) mass is 544 g/mol. The van der Waals surface area contributed by atoms with Crippen molar-refractivity contribution in [1.82, 2.24) is 10.6 Å². The molecule has 1 aliphatic heterocycles. The fourth-order valence-electron chi connectivity index (χ4n) is 3.81. The summed E-state index contributed by atoms with van der Waals surface area (Å²) in [5.74, 6) is -2.68. The number of hydrogen-bond acceptors (Lipinski definition) is 6. The zero-order chi connectivity index (χ0) is 26.0. The Kier molecular flexibility index (Phi) is 12.2. The lowest BCUT2D eigenvalue weighted by Crippen LogP contribution is -2.53. The lowest BCUT2D eigenvalue weighted by molar-refractivity contribution is -0.150. The molecule has 1 heterocycles. The van der Waals surface area contributed by atoms with Crippen LogP contribution in [0.5, 0.6) is 0 Å². The van der Waals surface area contributed by atoms with Crippen LogP contribution < -0.4 is 10.6 Å². The number of nitrogens with one attached hydrogen (secondary N) is 2. The molecule has 2 amide bonds. The fraction of sp³-hybridized carbons (Fsp3) is 0.583. The van der Waals surface area contributed by atoms with Crippen LogP contribution in [0.1, 0.15) is 57.9 Å². The second-order valence-electron chi connectivity index (χ2n) is 9.05. The number of carboxylic acids is 1. The van der Waals surface area contributed by atoms with Gasteiger partial charge in [0.2, 0.25) is 11.8 Å². The van der Waals surface area contributed by atoms with Crippen LogP contribution >= 0.6 is 22.4 Å². The molecule has 1 saturated heterocycles. The van der Waals surface area contributed by atoms with Gasteiger partial charge in [-0.3, -0.25) is 14.4 Å². The molecule has 0 aromatic heterocycles. The molecule has 2 rings (SSSR count). The summed E-state index contributed by atoms with van der Waals surface area (Å²) in [6, 6.07) is 4.37. The van der Waals surface area contributed by atoms with Crippen LogP contribution in [0.3, 0.4) is 0 Å². The number of halogens is 1. The molecule has 194 valence electrons. The SMILES string of the molecule is CC(C)C[C@H](NC(=O)CCCCC1CCSS1=O)C(=O)N[C@@H](Cc1ccc(Cl)cc1)C(=O)C(=O)O. The lowest BCUT2D eigenvalue weighted by Gasteiger charge is -2.23. The average Bonchev–Trinajstić information content (AvgIpc) is 3.20. The molecule has 4 atom stereocenters. The third-order valence-electron chi connectivity index (χ3n) is 5.65. The molecule has 8 nitrogen and oxygen atoms in total. The average molecular weight is 545 g/mol. The highest BCUT2D eigenvalue weighted by atomic mass is 35.5. The van der Waals surface area contributed by atoms with Gasteiger partial charge in [-0.2, -0.15) is 0 Å². The number of unbranched alkanes of at least 4 members (excludes halogenated alkanes) is 1. The minimum Gasteiger partial charge on any atom is -0.475 e. The first kappa shape index (κ1) is 29.3. The van der Waals surface area contributed by atoms with Crippen molar-refractivity contribution >= 4 is 55.8 Å². The molecule has 35 heavy (non-hydrogen) atoms. The van der Waals surface area contributed by atoms with Crippen molar-refractivity contribution in [2.75, 3.05) is 5.75 Å². The molecule has 1 aromatic carbocycles. The molecule has 1 aliphatic rings. The standard InChI is InChI=1S/C24H33ClN2O6S2/c1-15(2)13-20(26-21(28)6-4-3-5-18-11-12-34-35(18)33)23(30)27-19(22(29)24(31)32)14-16-7-9-17(25)10-8-16/h7-10,15,18-20H,3-6,11-14H2,1-2H3,(H,26,28)(H,27,30)(H,31,32)/t18?,19-,20-,35?/m0/s1. The van der Waals surface area contributed by atoms with Crippen molar-refractivity contribution in [3.63, 3.8) is 0 Å². The van der Waals surface area contributed by atoms with Gasteiger partial charge in [0, 0.05) is 28.9 Å². The van der Waals surface area contributed by atoms with E-state index in [2.05, 4.69) is 10.6 Å². The first-order valence-corrected chi connectivity index (χ1v) is 14.8. The lowest BCUT2D eigenvalue weighted by atomic mass is 9.99. The Hall–Kier alpha value is -1.91. The van der Waals surface area contributed by atoms with E-state index in [1.165, 1.54) is 10.8 Å². The van der Waals surface area contributed by atoms with Crippen molar-refractivity contribution in [2.24, 2.45) is 5.92 Å². The maximum absolute atomic E-state index is 13.0. The zero-order valence-electron chi connectivity index (χ0n) is 20.0. The Morgan fingerprint density at radius 2 is 1.80 bits per heavy atom. The summed E-state index contributed by atoms with van der Waals surface area (Å²) in [5, 5.41) is 15.2. The quantitative estimate of drug-likeness (QED) is 0.186. The number of aliphatic carboxylic acids is 1. The Morgan fingerprint density at radius 1 is 1.11 bits per heavy atom. The van der Waals surface area contributed by atoms with E-state index in [0.717, 1.165) is 25.0 Å². The largest absolute Gasteiger partial charge is 0.475 e. The molecular formula is C24H33ClN2O6S2. The molecule has 1 aromatic rings. The Balaban J connectivity index is 1.96. The highest BCUT2D eigenvalue weighted by Crippen LogP contribution is 2.29. The maximum atomic E-state index is 13.0. The number of Topliss-reactive ketones (excluding diaryl/α,β-unsaturated/α-hetero) is 1. The van der Waals surface area contributed by atoms with E-state index < -0.39 is 39.6 Å². The topological polar surface area (TPSA) is 130 Å². The summed E-state index contributed by atoms with van der Waals surface area (Å²) < 4.78 is 11.8. The molecule has 0 aliphatic carbocycles. The highest BCUT2D eigenvalue weighted by Gasteiger charge is 2.30. The highest BCUT2D eigenvalue weighted by molar-refractivity contribution is 8.69. The van der Waals surface area contributed by atoms with Gasteiger partial charge in [0.1, 0.15) is 12.1 Å². The minimum absolute atomic E-state index is 0.0167. The summed E-state index contributed by atoms with van der Waals surface area (Å²) in [7, 11) is 0.639. The number of rotatable bonds is 14. The first-order chi connectivity index (χ1) is 16.6. The van der Waals surface area contributed by atoms with Gasteiger partial charge in [-0.25, -0.2) is 9.00 Å². The molecular weight excluding hydrogens is 512 g/mol. The summed E-state index contributed by atoms with van der Waals surface area (Å²) in [6.07, 6.45) is 3.70. The van der Waals surface area contributed by atoms with E-state index in [9.17, 15) is 28.5 Å². The van der Waals surface area contributed by atoms with Crippen LogP contribution in [-0.2, 0) is 35.4 Å². The fourth-order valence-corrected chi connectivity index (χ4v) is 7.43. The summed E-state index contributed by atoms with van der Waals surface area (Å²) in [4.78, 5) is 49.1. The van der Waals surface area contributed by atoms with E-state index in [-0.39, 0.29) is 29.9 Å². The third-order valence-corrected chi connectivity index (χ3v) is 9.56. The first-order valence-electron chi connectivity index (χ1n) is 11.7. The molecule has 0 radical (unpaired) electrons. The number of carbonyl (C=O) groups is 4. The van der Waals surface area contributed by atoms with Crippen molar-refractivity contribution in [1.29, 1.82) is 0 Å². The second kappa shape index (κ2) is 14.6. The number of carboxylic acid groups (broad SMARTS) is 1. The van der Waals surface area contributed by atoms with E-state index in [1.54, 1.807) is 24.3 Å². The summed E-state index contributed by atoms with van der Waals surface area (Å²) in [6.45, 7) is 3.81.